The molecule has 2 aromatic rings. The summed E-state index contributed by atoms with van der Waals surface area (Å²) >= 11 is 0. The molecule has 1 amide bonds. The molecule has 0 radical (unpaired) electrons. The summed E-state index contributed by atoms with van der Waals surface area (Å²) in [6, 6.07) is 12.5. The number of nitrogens with one attached hydrogen (secondary N) is 1. The average molecular weight is 415 g/mol. The lowest BCUT2D eigenvalue weighted by molar-refractivity contribution is -0.120. The Morgan fingerprint density at radius 3 is 2.41 bits per heavy atom. The molecule has 4 rings (SSSR count). The van der Waals surface area contributed by atoms with Crippen molar-refractivity contribution in [1.82, 2.24) is 4.31 Å². The van der Waals surface area contributed by atoms with E-state index >= 15 is 0 Å². The molecule has 154 valence electrons. The fourth-order valence-corrected chi connectivity index (χ4v) is 5.62. The van der Waals surface area contributed by atoms with Crippen LogP contribution in [0.4, 0.5) is 5.69 Å². The van der Waals surface area contributed by atoms with Gasteiger partial charge in [-0.3, -0.25) is 4.79 Å². The highest BCUT2D eigenvalue weighted by Crippen LogP contribution is 2.28. The largest absolute Gasteiger partial charge is 0.497 e. The van der Waals surface area contributed by atoms with Gasteiger partial charge in [0.2, 0.25) is 15.9 Å². The summed E-state index contributed by atoms with van der Waals surface area (Å²) in [6.45, 7) is 0.688. The number of hydrogen-bond donors (Lipinski definition) is 1. The molecule has 2 aliphatic rings. The predicted octanol–water partition coefficient (Wildman–Crippen LogP) is 3.22. The Labute approximate surface area is 171 Å². The van der Waals surface area contributed by atoms with E-state index in [2.05, 4.69) is 17.4 Å². The van der Waals surface area contributed by atoms with E-state index in [0.717, 1.165) is 18.5 Å². The van der Waals surface area contributed by atoms with Crippen LogP contribution in [-0.4, -0.2) is 38.8 Å². The third-order valence-electron chi connectivity index (χ3n) is 5.89. The number of ether oxygens (including phenoxy) is 1. The number of rotatable bonds is 5. The second-order valence-electron chi connectivity index (χ2n) is 7.68. The average Bonchev–Trinajstić information content (AvgIpc) is 3.22. The molecule has 29 heavy (non-hydrogen) atoms. The summed E-state index contributed by atoms with van der Waals surface area (Å²) in [4.78, 5) is 12.9. The third kappa shape index (κ3) is 4.16. The molecule has 0 bridgehead atoms. The van der Waals surface area contributed by atoms with Crippen LogP contribution in [0.15, 0.2) is 47.4 Å². The first-order chi connectivity index (χ1) is 14.0. The van der Waals surface area contributed by atoms with Crippen molar-refractivity contribution in [2.24, 2.45) is 5.92 Å². The first-order valence-corrected chi connectivity index (χ1v) is 11.5. The quantitative estimate of drug-likeness (QED) is 0.815. The third-order valence-corrected chi connectivity index (χ3v) is 7.80. The lowest BCUT2D eigenvalue weighted by atomic mass is 9.97. The van der Waals surface area contributed by atoms with Gasteiger partial charge in [0.25, 0.3) is 0 Å². The van der Waals surface area contributed by atoms with Crippen molar-refractivity contribution in [2.45, 2.75) is 37.0 Å². The Hall–Kier alpha value is -2.38. The van der Waals surface area contributed by atoms with Gasteiger partial charge in [0, 0.05) is 24.7 Å². The first-order valence-electron chi connectivity index (χ1n) is 10.0. The smallest absolute Gasteiger partial charge is 0.243 e. The Balaban J connectivity index is 1.36. The van der Waals surface area contributed by atoms with Crippen molar-refractivity contribution < 1.29 is 17.9 Å². The maximum absolute atomic E-state index is 12.8. The molecule has 7 heteroatoms. The van der Waals surface area contributed by atoms with Crippen LogP contribution in [0.2, 0.25) is 0 Å². The second-order valence-corrected chi connectivity index (χ2v) is 9.62. The van der Waals surface area contributed by atoms with E-state index in [1.807, 2.05) is 6.07 Å². The number of methoxy groups -OCH3 is 1. The lowest BCUT2D eigenvalue weighted by Crippen LogP contribution is -2.41. The molecule has 0 unspecified atom stereocenters. The number of benzene rings is 2. The molecule has 1 aliphatic carbocycles. The monoisotopic (exact) mass is 414 g/mol. The molecule has 1 saturated heterocycles. The highest BCUT2D eigenvalue weighted by atomic mass is 32.2. The SMILES string of the molecule is COc1ccc(S(=O)(=O)N2CCC(C(=O)Nc3ccc4c(c3)CCC4)CC2)cc1. The molecule has 1 heterocycles. The minimum atomic E-state index is -3.56. The molecular formula is C22H26N2O4S. The first kappa shape index (κ1) is 19.9. The Morgan fingerprint density at radius 1 is 1.03 bits per heavy atom. The number of anilines is 1. The van der Waals surface area contributed by atoms with Crippen LogP contribution < -0.4 is 10.1 Å². The summed E-state index contributed by atoms with van der Waals surface area (Å²) in [5.74, 6) is 0.417. The highest BCUT2D eigenvalue weighted by Gasteiger charge is 2.32. The minimum absolute atomic E-state index is 0.0237. The van der Waals surface area contributed by atoms with Crippen LogP contribution in [0.1, 0.15) is 30.4 Å². The van der Waals surface area contributed by atoms with Gasteiger partial charge in [-0.1, -0.05) is 6.07 Å². The zero-order chi connectivity index (χ0) is 20.4. The number of sulfonamides is 1. The molecule has 0 aromatic heterocycles. The van der Waals surface area contributed by atoms with Crippen molar-refractivity contribution in [3.05, 3.63) is 53.6 Å². The van der Waals surface area contributed by atoms with E-state index in [1.54, 1.807) is 31.4 Å². The number of piperidine rings is 1. The maximum atomic E-state index is 12.8. The number of fused-ring (bicyclic) bond motifs is 1. The van der Waals surface area contributed by atoms with Gasteiger partial charge in [0.05, 0.1) is 12.0 Å². The summed E-state index contributed by atoms with van der Waals surface area (Å²) in [7, 11) is -2.01. The summed E-state index contributed by atoms with van der Waals surface area (Å²) in [5, 5.41) is 3.02. The minimum Gasteiger partial charge on any atom is -0.497 e. The standard InChI is InChI=1S/C22H26N2O4S/c1-28-20-7-9-21(10-8-20)29(26,27)24-13-11-17(12-14-24)22(25)23-19-6-5-16-3-2-4-18(16)15-19/h5-10,15,17H,2-4,11-14H2,1H3,(H,23,25). The molecular weight excluding hydrogens is 388 g/mol. The number of nitrogens with zero attached hydrogens (tertiary/aromatic N) is 1. The molecule has 0 saturated carbocycles. The summed E-state index contributed by atoms with van der Waals surface area (Å²) in [5.41, 5.74) is 3.53. The van der Waals surface area contributed by atoms with Crippen LogP contribution in [0, 0.1) is 5.92 Å². The molecule has 0 spiro atoms. The Morgan fingerprint density at radius 2 is 1.72 bits per heavy atom. The van der Waals surface area contributed by atoms with Crippen LogP contribution in [0.3, 0.4) is 0 Å². The van der Waals surface area contributed by atoms with Gasteiger partial charge >= 0.3 is 0 Å². The van der Waals surface area contributed by atoms with Gasteiger partial charge in [-0.25, -0.2) is 8.42 Å². The molecule has 1 fully saturated rings. The van der Waals surface area contributed by atoms with Crippen molar-refractivity contribution in [2.75, 3.05) is 25.5 Å². The van der Waals surface area contributed by atoms with Crippen molar-refractivity contribution in [1.29, 1.82) is 0 Å². The topological polar surface area (TPSA) is 75.7 Å². The van der Waals surface area contributed by atoms with Crippen molar-refractivity contribution in [3.63, 3.8) is 0 Å². The fraction of sp³-hybridized carbons (Fsp3) is 0.409. The van der Waals surface area contributed by atoms with E-state index in [-0.39, 0.29) is 16.7 Å². The van der Waals surface area contributed by atoms with Crippen LogP contribution in [0.5, 0.6) is 5.75 Å². The van der Waals surface area contributed by atoms with Crippen LogP contribution in [0.25, 0.3) is 0 Å². The zero-order valence-corrected chi connectivity index (χ0v) is 17.4. The number of hydrogen-bond acceptors (Lipinski definition) is 4. The van der Waals surface area contributed by atoms with Gasteiger partial charge in [-0.05, 0) is 79.6 Å². The molecule has 1 N–H and O–H groups in total. The van der Waals surface area contributed by atoms with Gasteiger partial charge < -0.3 is 10.1 Å². The normalized spacial score (nSPS) is 17.7. The lowest BCUT2D eigenvalue weighted by Gasteiger charge is -2.30. The molecule has 6 nitrogen and oxygen atoms in total. The van der Waals surface area contributed by atoms with Gasteiger partial charge in [0.15, 0.2) is 0 Å². The Kier molecular flexibility index (Phi) is 5.61. The van der Waals surface area contributed by atoms with Gasteiger partial charge in [-0.2, -0.15) is 4.31 Å². The fourth-order valence-electron chi connectivity index (χ4n) is 4.15. The van der Waals surface area contributed by atoms with E-state index in [4.69, 9.17) is 4.74 Å². The second kappa shape index (κ2) is 8.16. The molecule has 2 aromatic carbocycles. The number of carbonyl (C=O) groups excluding carboxylic acids is 1. The summed E-state index contributed by atoms with van der Waals surface area (Å²) < 4.78 is 32.2. The number of aryl methyl sites for hydroxylation is 2. The van der Waals surface area contributed by atoms with Crippen LogP contribution in [-0.2, 0) is 27.7 Å². The van der Waals surface area contributed by atoms with Gasteiger partial charge in [-0.15, -0.1) is 0 Å². The zero-order valence-electron chi connectivity index (χ0n) is 16.6. The molecule has 1 aliphatic heterocycles. The van der Waals surface area contributed by atoms with E-state index in [9.17, 15) is 13.2 Å². The highest BCUT2D eigenvalue weighted by molar-refractivity contribution is 7.89. The van der Waals surface area contributed by atoms with Gasteiger partial charge in [0.1, 0.15) is 5.75 Å². The molecule has 0 atom stereocenters. The maximum Gasteiger partial charge on any atom is 0.243 e. The van der Waals surface area contributed by atoms with Crippen molar-refractivity contribution >= 4 is 21.6 Å². The van der Waals surface area contributed by atoms with E-state index < -0.39 is 10.0 Å². The van der Waals surface area contributed by atoms with Crippen LogP contribution >= 0.6 is 0 Å². The predicted molar refractivity (Wildman–Crippen MR) is 112 cm³/mol. The van der Waals surface area contributed by atoms with Crippen molar-refractivity contribution in [3.8, 4) is 5.75 Å². The summed E-state index contributed by atoms with van der Waals surface area (Å²) in [6.07, 6.45) is 4.40. The Bertz CT molecular complexity index is 994. The number of amides is 1. The number of carbonyl (C=O) groups is 1. The van der Waals surface area contributed by atoms with E-state index in [0.29, 0.717) is 31.7 Å². The van der Waals surface area contributed by atoms with E-state index in [1.165, 1.54) is 21.9 Å².